The average Bonchev–Trinajstić information content (AvgIpc) is 3.52. The van der Waals surface area contributed by atoms with E-state index in [1.807, 2.05) is 0 Å². The first-order valence-electron chi connectivity index (χ1n) is 14.6. The number of halogens is 8. The van der Waals surface area contributed by atoms with E-state index in [0.717, 1.165) is 17.5 Å². The molecule has 45 heavy (non-hydrogen) atoms. The van der Waals surface area contributed by atoms with Crippen molar-refractivity contribution >= 4 is 17.6 Å². The number of carbonyl (C=O) groups excluding carboxylic acids is 2. The number of nitrogens with zero attached hydrogens (tertiary/aromatic N) is 5. The van der Waals surface area contributed by atoms with Crippen molar-refractivity contribution in [1.29, 1.82) is 0 Å². The predicted octanol–water partition coefficient (Wildman–Crippen LogP) is 6.08. The van der Waals surface area contributed by atoms with Gasteiger partial charge in [0, 0.05) is 44.4 Å². The Labute approximate surface area is 251 Å². The van der Waals surface area contributed by atoms with Crippen molar-refractivity contribution in [3.63, 3.8) is 0 Å². The minimum Gasteiger partial charge on any atom is -0.347 e. The number of aryl methyl sites for hydroxylation is 1. The van der Waals surface area contributed by atoms with Crippen LogP contribution in [0.15, 0.2) is 30.7 Å². The van der Waals surface area contributed by atoms with Crippen LogP contribution in [-0.2, 0) is 11.3 Å². The normalized spacial score (nSPS) is 18.9. The van der Waals surface area contributed by atoms with Gasteiger partial charge in [-0.15, -0.1) is 0 Å². The molecule has 3 heterocycles. The first-order chi connectivity index (χ1) is 21.1. The summed E-state index contributed by atoms with van der Waals surface area (Å²) in [5.41, 5.74) is 0.544. The molecular weight excluding hydrogens is 618 g/mol. The Balaban J connectivity index is 1.36. The van der Waals surface area contributed by atoms with E-state index in [1.54, 1.807) is 18.5 Å². The highest BCUT2D eigenvalue weighted by atomic mass is 19.4. The van der Waals surface area contributed by atoms with Crippen molar-refractivity contribution in [1.82, 2.24) is 34.8 Å². The molecule has 0 spiro atoms. The molecule has 17 heteroatoms. The van der Waals surface area contributed by atoms with Gasteiger partial charge < -0.3 is 10.6 Å². The Morgan fingerprint density at radius 1 is 0.867 bits per heavy atom. The summed E-state index contributed by atoms with van der Waals surface area (Å²) >= 11 is 0. The quantitative estimate of drug-likeness (QED) is 0.245. The van der Waals surface area contributed by atoms with Gasteiger partial charge in [0.05, 0.1) is 36.3 Å². The van der Waals surface area contributed by atoms with Crippen molar-refractivity contribution in [2.45, 2.75) is 94.7 Å². The van der Waals surface area contributed by atoms with E-state index < -0.39 is 86.7 Å². The summed E-state index contributed by atoms with van der Waals surface area (Å²) in [7, 11) is 0. The zero-order chi connectivity index (χ0) is 32.6. The number of imidazole rings is 1. The molecule has 0 aromatic carbocycles. The van der Waals surface area contributed by atoms with Crippen LogP contribution in [0.5, 0.6) is 0 Å². The number of hydrogen-bond acceptors (Lipinski definition) is 5. The molecule has 0 radical (unpaired) electrons. The number of aromatic nitrogens is 5. The van der Waals surface area contributed by atoms with Gasteiger partial charge in [0.25, 0.3) is 5.91 Å². The maximum absolute atomic E-state index is 14.0. The van der Waals surface area contributed by atoms with Crippen molar-refractivity contribution < 1.29 is 44.7 Å². The Hall–Kier alpha value is -3.79. The minimum absolute atomic E-state index is 0.00361. The van der Waals surface area contributed by atoms with Crippen LogP contribution in [0.1, 0.15) is 91.7 Å². The molecule has 0 saturated heterocycles. The highest BCUT2D eigenvalue weighted by molar-refractivity contribution is 5.92. The molecular formula is C28H31F8N7O2. The molecule has 2 fully saturated rings. The minimum atomic E-state index is -4.47. The Bertz CT molecular complexity index is 1500. The van der Waals surface area contributed by atoms with Crippen molar-refractivity contribution in [3.05, 3.63) is 47.8 Å². The summed E-state index contributed by atoms with van der Waals surface area (Å²) in [5, 5.41) is 9.35. The number of carbonyl (C=O) groups is 2. The molecule has 9 nitrogen and oxygen atoms in total. The Morgan fingerprint density at radius 3 is 2.13 bits per heavy atom. The maximum Gasteiger partial charge on any atom is 0.390 e. The number of amides is 2. The molecule has 0 aliphatic heterocycles. The van der Waals surface area contributed by atoms with Gasteiger partial charge in [-0.2, -0.15) is 31.4 Å². The fraction of sp³-hybridized carbons (Fsp3) is 0.607. The van der Waals surface area contributed by atoms with E-state index in [0.29, 0.717) is 11.4 Å². The molecule has 2 amide bonds. The Kier molecular flexibility index (Phi) is 9.08. The highest BCUT2D eigenvalue weighted by Gasteiger charge is 2.40. The predicted molar refractivity (Wildman–Crippen MR) is 142 cm³/mol. The standard InChI is InChI=1S/C28H31F8N7O2/c29-26(30)8-3-17(4-9-26)23(40-24(45)19-7-13-43(41-19)14-11-28(34,35)36)20-15-42-12-6-18(37-25(42)38-20)22(16-1-2-16)39-21(44)5-10-27(31,32)33/h6-7,12-13,15-17,22-23H,1-5,8-11,14H2,(H,39,44)(H,40,45)/t22-,23-/m0/s1. The zero-order valence-corrected chi connectivity index (χ0v) is 23.8. The molecule has 3 aromatic heterocycles. The van der Waals surface area contributed by atoms with Crippen LogP contribution in [0.25, 0.3) is 5.78 Å². The van der Waals surface area contributed by atoms with Gasteiger partial charge in [0.2, 0.25) is 17.6 Å². The molecule has 2 saturated carbocycles. The van der Waals surface area contributed by atoms with Crippen LogP contribution in [0, 0.1) is 11.8 Å². The van der Waals surface area contributed by atoms with Gasteiger partial charge in [-0.25, -0.2) is 18.7 Å². The van der Waals surface area contributed by atoms with Gasteiger partial charge in [-0.1, -0.05) is 0 Å². The van der Waals surface area contributed by atoms with Gasteiger partial charge in [-0.05, 0) is 49.7 Å². The molecule has 2 aliphatic carbocycles. The smallest absolute Gasteiger partial charge is 0.347 e. The summed E-state index contributed by atoms with van der Waals surface area (Å²) in [4.78, 5) is 34.5. The number of rotatable bonds is 11. The zero-order valence-electron chi connectivity index (χ0n) is 23.8. The second-order valence-electron chi connectivity index (χ2n) is 11.7. The number of fused-ring (bicyclic) bond motifs is 1. The molecule has 246 valence electrons. The lowest BCUT2D eigenvalue weighted by molar-refractivity contribution is -0.144. The van der Waals surface area contributed by atoms with Crippen molar-refractivity contribution in [3.8, 4) is 0 Å². The van der Waals surface area contributed by atoms with Crippen molar-refractivity contribution in [2.75, 3.05) is 0 Å². The molecule has 3 aromatic rings. The summed E-state index contributed by atoms with van der Waals surface area (Å²) in [5.74, 6) is -4.61. The largest absolute Gasteiger partial charge is 0.390 e. The molecule has 0 bridgehead atoms. The van der Waals surface area contributed by atoms with E-state index in [1.165, 1.54) is 16.7 Å². The summed E-state index contributed by atoms with van der Waals surface area (Å²) in [6.45, 7) is -0.483. The third-order valence-corrected chi connectivity index (χ3v) is 8.07. The van der Waals surface area contributed by atoms with Gasteiger partial charge in [-0.3, -0.25) is 18.7 Å². The molecule has 0 unspecified atom stereocenters. The molecule has 5 rings (SSSR count). The summed E-state index contributed by atoms with van der Waals surface area (Å²) in [6.07, 6.45) is -6.73. The fourth-order valence-corrected chi connectivity index (χ4v) is 5.48. The van der Waals surface area contributed by atoms with Crippen LogP contribution < -0.4 is 10.6 Å². The lowest BCUT2D eigenvalue weighted by atomic mass is 9.81. The maximum atomic E-state index is 14.0. The molecule has 2 N–H and O–H groups in total. The highest BCUT2D eigenvalue weighted by Crippen LogP contribution is 2.42. The van der Waals surface area contributed by atoms with Crippen LogP contribution in [0.2, 0.25) is 0 Å². The SMILES string of the molecule is O=C(CCC(F)(F)F)N[C@H](c1ccn2cc([C@@H](NC(=O)c3ccn(CCC(F)(F)F)n3)C3CCC(F)(F)CC3)nc2n1)C1CC1. The van der Waals surface area contributed by atoms with E-state index in [2.05, 4.69) is 25.7 Å². The number of alkyl halides is 8. The van der Waals surface area contributed by atoms with Crippen LogP contribution in [0.4, 0.5) is 35.1 Å². The van der Waals surface area contributed by atoms with E-state index in [9.17, 15) is 44.7 Å². The molecule has 2 aliphatic rings. The monoisotopic (exact) mass is 649 g/mol. The van der Waals surface area contributed by atoms with Gasteiger partial charge in [0.15, 0.2) is 0 Å². The molecule has 2 atom stereocenters. The number of nitrogens with one attached hydrogen (secondary N) is 2. The van der Waals surface area contributed by atoms with Crippen LogP contribution in [-0.4, -0.2) is 54.2 Å². The van der Waals surface area contributed by atoms with E-state index in [-0.39, 0.29) is 30.2 Å². The van der Waals surface area contributed by atoms with Crippen LogP contribution >= 0.6 is 0 Å². The lowest BCUT2D eigenvalue weighted by Crippen LogP contribution is -2.37. The Morgan fingerprint density at radius 2 is 1.49 bits per heavy atom. The van der Waals surface area contributed by atoms with Crippen molar-refractivity contribution in [2.24, 2.45) is 11.8 Å². The van der Waals surface area contributed by atoms with Crippen LogP contribution in [0.3, 0.4) is 0 Å². The van der Waals surface area contributed by atoms with Gasteiger partial charge >= 0.3 is 12.4 Å². The van der Waals surface area contributed by atoms with E-state index >= 15 is 0 Å². The first kappa shape index (κ1) is 32.6. The average molecular weight is 650 g/mol. The number of hydrogen-bond donors (Lipinski definition) is 2. The van der Waals surface area contributed by atoms with Gasteiger partial charge in [0.1, 0.15) is 5.69 Å². The summed E-state index contributed by atoms with van der Waals surface area (Å²) in [6, 6.07) is 1.38. The third kappa shape index (κ3) is 8.90. The summed E-state index contributed by atoms with van der Waals surface area (Å²) < 4.78 is 106. The second kappa shape index (κ2) is 12.5. The third-order valence-electron chi connectivity index (χ3n) is 8.07. The second-order valence-corrected chi connectivity index (χ2v) is 11.7. The topological polar surface area (TPSA) is 106 Å². The lowest BCUT2D eigenvalue weighted by Gasteiger charge is -2.33. The fourth-order valence-electron chi connectivity index (χ4n) is 5.48. The van der Waals surface area contributed by atoms with E-state index in [4.69, 9.17) is 0 Å². The first-order valence-corrected chi connectivity index (χ1v) is 14.6.